The molecule has 2 aromatic rings. The van der Waals surface area contributed by atoms with Crippen molar-refractivity contribution >= 4 is 35.6 Å². The number of aliphatic imine (C=N–C) groups is 1. The van der Waals surface area contributed by atoms with E-state index in [0.29, 0.717) is 12.6 Å². The van der Waals surface area contributed by atoms with Gasteiger partial charge >= 0.3 is 0 Å². The summed E-state index contributed by atoms with van der Waals surface area (Å²) in [4.78, 5) is 7.19. The van der Waals surface area contributed by atoms with E-state index in [2.05, 4.69) is 49.4 Å². The zero-order valence-corrected chi connectivity index (χ0v) is 22.2. The van der Waals surface area contributed by atoms with E-state index in [1.807, 2.05) is 6.07 Å². The highest BCUT2D eigenvalue weighted by molar-refractivity contribution is 14.0. The maximum Gasteiger partial charge on any atom is 0.191 e. The van der Waals surface area contributed by atoms with Crippen LogP contribution in [-0.4, -0.2) is 60.6 Å². The Morgan fingerprint density at radius 3 is 2.45 bits per heavy atom. The second-order valence-corrected chi connectivity index (χ2v) is 8.31. The second-order valence-electron chi connectivity index (χ2n) is 8.31. The molecular weight excluding hydrogens is 533 g/mol. The maximum atomic E-state index is 5.43. The number of ether oxygens (including phenoxy) is 2. The van der Waals surface area contributed by atoms with Crippen molar-refractivity contribution in [1.29, 1.82) is 0 Å². The van der Waals surface area contributed by atoms with Gasteiger partial charge in [0.1, 0.15) is 23.9 Å². The molecule has 2 N–H and O–H groups in total. The summed E-state index contributed by atoms with van der Waals surface area (Å²) in [5, 5.41) is 15.7. The Labute approximate surface area is 213 Å². The molecule has 0 unspecified atom stereocenters. The number of hydrogen-bond donors (Lipinski definition) is 2. The van der Waals surface area contributed by atoms with Crippen LogP contribution in [0.2, 0.25) is 0 Å². The number of methoxy groups -OCH3 is 2. The fourth-order valence-electron chi connectivity index (χ4n) is 4.41. The molecular formula is C23H36IN7O2. The van der Waals surface area contributed by atoms with Gasteiger partial charge in [-0.1, -0.05) is 0 Å². The molecule has 9 nitrogen and oxygen atoms in total. The average Bonchev–Trinajstić information content (AvgIpc) is 3.26. The highest BCUT2D eigenvalue weighted by Crippen LogP contribution is 2.30. The Morgan fingerprint density at radius 1 is 1.06 bits per heavy atom. The number of piperidine rings is 1. The third-order valence-corrected chi connectivity index (χ3v) is 6.20. The summed E-state index contributed by atoms with van der Waals surface area (Å²) in [6.45, 7) is 6.40. The van der Waals surface area contributed by atoms with Crippen molar-refractivity contribution in [3.05, 3.63) is 29.8 Å². The van der Waals surface area contributed by atoms with E-state index in [1.165, 1.54) is 12.8 Å². The number of rotatable bonds is 7. The van der Waals surface area contributed by atoms with Crippen molar-refractivity contribution in [3.63, 3.8) is 0 Å². The van der Waals surface area contributed by atoms with E-state index in [-0.39, 0.29) is 24.0 Å². The van der Waals surface area contributed by atoms with E-state index in [0.717, 1.165) is 80.2 Å². The van der Waals surface area contributed by atoms with Crippen LogP contribution < -0.4 is 25.0 Å². The van der Waals surface area contributed by atoms with Crippen LogP contribution in [-0.2, 0) is 19.5 Å². The summed E-state index contributed by atoms with van der Waals surface area (Å²) < 4.78 is 13.1. The molecule has 33 heavy (non-hydrogen) atoms. The molecule has 0 saturated carbocycles. The van der Waals surface area contributed by atoms with Crippen LogP contribution in [0.4, 0.5) is 5.69 Å². The molecule has 0 amide bonds. The van der Waals surface area contributed by atoms with Crippen LogP contribution in [0.25, 0.3) is 0 Å². The first kappa shape index (κ1) is 25.4. The second kappa shape index (κ2) is 12.3. The topological polar surface area (TPSA) is 88.8 Å². The predicted molar refractivity (Wildman–Crippen MR) is 141 cm³/mol. The normalized spacial score (nSPS) is 16.6. The lowest BCUT2D eigenvalue weighted by Crippen LogP contribution is -2.48. The van der Waals surface area contributed by atoms with Gasteiger partial charge in [-0.3, -0.25) is 0 Å². The minimum absolute atomic E-state index is 0. The number of hydrogen-bond acceptors (Lipinski definition) is 6. The summed E-state index contributed by atoms with van der Waals surface area (Å²) in [6.07, 6.45) is 5.48. The predicted octanol–water partition coefficient (Wildman–Crippen LogP) is 2.97. The van der Waals surface area contributed by atoms with Gasteiger partial charge in [-0.15, -0.1) is 34.2 Å². The number of halogens is 1. The van der Waals surface area contributed by atoms with Gasteiger partial charge in [0.25, 0.3) is 0 Å². The Kier molecular flexibility index (Phi) is 9.45. The van der Waals surface area contributed by atoms with Crippen LogP contribution in [0, 0.1) is 0 Å². The van der Waals surface area contributed by atoms with Gasteiger partial charge in [0.05, 0.1) is 14.2 Å². The molecule has 1 fully saturated rings. The first-order valence-corrected chi connectivity index (χ1v) is 11.6. The zero-order chi connectivity index (χ0) is 22.3. The quantitative estimate of drug-likeness (QED) is 0.301. The number of nitrogens with zero attached hydrogens (tertiary/aromatic N) is 5. The molecule has 10 heteroatoms. The molecule has 0 spiro atoms. The van der Waals surface area contributed by atoms with Crippen LogP contribution in [0.3, 0.4) is 0 Å². The highest BCUT2D eigenvalue weighted by Gasteiger charge is 2.22. The molecule has 182 valence electrons. The molecule has 3 heterocycles. The molecule has 0 radical (unpaired) electrons. The van der Waals surface area contributed by atoms with Crippen molar-refractivity contribution in [3.8, 4) is 11.5 Å². The molecule has 1 saturated heterocycles. The molecule has 1 aromatic heterocycles. The minimum Gasteiger partial charge on any atom is -0.497 e. The molecule has 1 aromatic carbocycles. The lowest BCUT2D eigenvalue weighted by atomic mass is 10.0. The monoisotopic (exact) mass is 569 g/mol. The standard InChI is InChI=1S/C23H35N7O2.HI/c1-4-24-23(25-16-22-28-27-21-7-5-6-10-30(21)22)26-17-8-11-29(12-9-17)18-13-19(31-2)15-20(14-18)32-3;/h13-15,17H,4-12,16H2,1-3H3,(H2,24,25,26);1H. The van der Waals surface area contributed by atoms with E-state index in [4.69, 9.17) is 14.5 Å². The number of aromatic nitrogens is 3. The zero-order valence-electron chi connectivity index (χ0n) is 19.8. The van der Waals surface area contributed by atoms with Crippen molar-refractivity contribution in [2.45, 2.75) is 58.2 Å². The number of aryl methyl sites for hydroxylation is 1. The van der Waals surface area contributed by atoms with E-state index >= 15 is 0 Å². The fraction of sp³-hybridized carbons (Fsp3) is 0.609. The Balaban J connectivity index is 0.00000306. The number of anilines is 1. The summed E-state index contributed by atoms with van der Waals surface area (Å²) in [7, 11) is 3.37. The molecule has 4 rings (SSSR count). The molecule has 2 aliphatic heterocycles. The fourth-order valence-corrected chi connectivity index (χ4v) is 4.41. The summed E-state index contributed by atoms with van der Waals surface area (Å²) in [5.41, 5.74) is 1.14. The van der Waals surface area contributed by atoms with Gasteiger partial charge in [0, 0.05) is 62.5 Å². The smallest absolute Gasteiger partial charge is 0.191 e. The van der Waals surface area contributed by atoms with Crippen LogP contribution >= 0.6 is 24.0 Å². The summed E-state index contributed by atoms with van der Waals surface area (Å²) in [6, 6.07) is 6.43. The third-order valence-electron chi connectivity index (χ3n) is 6.20. The number of fused-ring (bicyclic) bond motifs is 1. The maximum absolute atomic E-state index is 5.43. The van der Waals surface area contributed by atoms with Gasteiger partial charge in [-0.2, -0.15) is 0 Å². The minimum atomic E-state index is 0. The van der Waals surface area contributed by atoms with Crippen molar-refractivity contribution in [2.24, 2.45) is 4.99 Å². The summed E-state index contributed by atoms with van der Waals surface area (Å²) >= 11 is 0. The van der Waals surface area contributed by atoms with Crippen LogP contribution in [0.1, 0.15) is 44.3 Å². The largest absolute Gasteiger partial charge is 0.497 e. The van der Waals surface area contributed by atoms with Gasteiger partial charge in [0.2, 0.25) is 0 Å². The first-order chi connectivity index (χ1) is 15.7. The Hall–Kier alpha value is -2.24. The average molecular weight is 569 g/mol. The highest BCUT2D eigenvalue weighted by atomic mass is 127. The van der Waals surface area contributed by atoms with E-state index in [9.17, 15) is 0 Å². The van der Waals surface area contributed by atoms with Crippen molar-refractivity contribution in [2.75, 3.05) is 38.8 Å². The van der Waals surface area contributed by atoms with Gasteiger partial charge in [-0.05, 0) is 32.6 Å². The van der Waals surface area contributed by atoms with Gasteiger partial charge in [-0.25, -0.2) is 4.99 Å². The molecule has 2 aliphatic rings. The molecule has 0 atom stereocenters. The van der Waals surface area contributed by atoms with E-state index in [1.54, 1.807) is 14.2 Å². The Bertz CT molecular complexity index is 903. The van der Waals surface area contributed by atoms with Crippen molar-refractivity contribution in [1.82, 2.24) is 25.4 Å². The van der Waals surface area contributed by atoms with Crippen LogP contribution in [0.5, 0.6) is 11.5 Å². The first-order valence-electron chi connectivity index (χ1n) is 11.6. The van der Waals surface area contributed by atoms with E-state index < -0.39 is 0 Å². The van der Waals surface area contributed by atoms with Gasteiger partial charge < -0.3 is 29.6 Å². The number of benzene rings is 1. The SMILES string of the molecule is CCNC(=NCc1nnc2n1CCCC2)NC1CCN(c2cc(OC)cc(OC)c2)CC1.I. The Morgan fingerprint density at radius 2 is 1.79 bits per heavy atom. The van der Waals surface area contributed by atoms with Crippen LogP contribution in [0.15, 0.2) is 23.2 Å². The lowest BCUT2D eigenvalue weighted by molar-refractivity contribution is 0.393. The third kappa shape index (κ3) is 6.42. The molecule has 0 bridgehead atoms. The summed E-state index contributed by atoms with van der Waals surface area (Å²) in [5.74, 6) is 4.54. The molecule has 0 aliphatic carbocycles. The van der Waals surface area contributed by atoms with Gasteiger partial charge in [0.15, 0.2) is 11.8 Å². The lowest BCUT2D eigenvalue weighted by Gasteiger charge is -2.34. The number of nitrogens with one attached hydrogen (secondary N) is 2. The van der Waals surface area contributed by atoms with Crippen molar-refractivity contribution < 1.29 is 9.47 Å². The number of guanidine groups is 1.